The lowest BCUT2D eigenvalue weighted by Gasteiger charge is -2.12. The van der Waals surface area contributed by atoms with Gasteiger partial charge in [-0.05, 0) is 55.0 Å². The Labute approximate surface area is 214 Å². The highest BCUT2D eigenvalue weighted by Gasteiger charge is 2.24. The molecule has 0 radical (unpaired) electrons. The van der Waals surface area contributed by atoms with Crippen molar-refractivity contribution in [3.05, 3.63) is 68.7 Å². The molecule has 1 aromatic heterocycles. The number of fused-ring (bicyclic) bond motifs is 3. The minimum absolute atomic E-state index is 0.0261. The number of halogens is 3. The first-order valence-electron chi connectivity index (χ1n) is 10.2. The number of sulfonamides is 1. The zero-order valence-corrected chi connectivity index (χ0v) is 21.1. The third-order valence-electron chi connectivity index (χ3n) is 5.07. The second-order valence-corrected chi connectivity index (χ2v) is 10.5. The maximum atomic E-state index is 13.2. The topological polar surface area (TPSA) is 126 Å². The van der Waals surface area contributed by atoms with E-state index in [-0.39, 0.29) is 48.8 Å². The van der Waals surface area contributed by atoms with Crippen molar-refractivity contribution in [2.24, 2.45) is 0 Å². The standard InChI is InChI=1S/C23H17Cl3N2O6S/c1-2-27-23(31)12-8-15-14-5-11(7-20(29)30)6-17(26)21(14)34-22(15)18(9-12)28-35(32,33)19-4-3-13(24)10-16(19)25/h3-6,8-10,28H,2,7H2,1H3,(H,27,31)(H,29,30). The highest BCUT2D eigenvalue weighted by atomic mass is 35.5. The molecule has 8 nitrogen and oxygen atoms in total. The number of aliphatic carboxylic acids is 1. The van der Waals surface area contributed by atoms with E-state index in [1.807, 2.05) is 0 Å². The number of carbonyl (C=O) groups is 2. The maximum absolute atomic E-state index is 13.2. The summed E-state index contributed by atoms with van der Waals surface area (Å²) in [6.45, 7) is 2.09. The van der Waals surface area contributed by atoms with E-state index in [1.54, 1.807) is 13.0 Å². The van der Waals surface area contributed by atoms with Crippen molar-refractivity contribution in [3.8, 4) is 0 Å². The van der Waals surface area contributed by atoms with Gasteiger partial charge in [0, 0.05) is 27.9 Å². The Morgan fingerprint density at radius 1 is 0.971 bits per heavy atom. The Hall–Kier alpha value is -2.98. The average Bonchev–Trinajstić information content (AvgIpc) is 3.12. The van der Waals surface area contributed by atoms with Crippen molar-refractivity contribution in [2.45, 2.75) is 18.2 Å². The highest BCUT2D eigenvalue weighted by Crippen LogP contribution is 2.39. The third-order valence-corrected chi connectivity index (χ3v) is 7.43. The lowest BCUT2D eigenvalue weighted by atomic mass is 10.0. The van der Waals surface area contributed by atoms with Gasteiger partial charge in [-0.1, -0.05) is 34.8 Å². The number of furan rings is 1. The molecule has 0 saturated heterocycles. The van der Waals surface area contributed by atoms with Crippen LogP contribution in [0.25, 0.3) is 21.9 Å². The monoisotopic (exact) mass is 554 g/mol. The summed E-state index contributed by atoms with van der Waals surface area (Å²) in [5, 5.41) is 13.0. The molecule has 4 rings (SSSR count). The van der Waals surface area contributed by atoms with E-state index >= 15 is 0 Å². The summed E-state index contributed by atoms with van der Waals surface area (Å²) < 4.78 is 34.7. The molecule has 0 unspecified atom stereocenters. The lowest BCUT2D eigenvalue weighted by Crippen LogP contribution is -2.23. The predicted octanol–water partition coefficient (Wildman–Crippen LogP) is 5.72. The van der Waals surface area contributed by atoms with Gasteiger partial charge in [-0.2, -0.15) is 0 Å². The first-order valence-corrected chi connectivity index (χ1v) is 12.8. The van der Waals surface area contributed by atoms with Crippen molar-refractivity contribution >= 4 is 84.3 Å². The van der Waals surface area contributed by atoms with Crippen LogP contribution in [0, 0.1) is 0 Å². The number of hydrogen-bond acceptors (Lipinski definition) is 5. The Bertz CT molecular complexity index is 1620. The molecule has 0 atom stereocenters. The Kier molecular flexibility index (Phi) is 6.88. The Morgan fingerprint density at radius 2 is 1.69 bits per heavy atom. The zero-order chi connectivity index (χ0) is 25.5. The van der Waals surface area contributed by atoms with Gasteiger partial charge in [0.2, 0.25) is 0 Å². The van der Waals surface area contributed by atoms with Crippen LogP contribution in [-0.2, 0) is 21.2 Å². The van der Waals surface area contributed by atoms with E-state index in [4.69, 9.17) is 39.2 Å². The number of carbonyl (C=O) groups excluding carboxylic acids is 1. The molecule has 3 aromatic carbocycles. The van der Waals surface area contributed by atoms with Crippen LogP contribution in [0.5, 0.6) is 0 Å². The average molecular weight is 556 g/mol. The van der Waals surface area contributed by atoms with Crippen molar-refractivity contribution in [1.29, 1.82) is 0 Å². The number of hydrogen-bond donors (Lipinski definition) is 3. The molecule has 0 aliphatic carbocycles. The highest BCUT2D eigenvalue weighted by molar-refractivity contribution is 7.92. The minimum Gasteiger partial charge on any atom is -0.481 e. The van der Waals surface area contributed by atoms with Crippen molar-refractivity contribution in [1.82, 2.24) is 5.32 Å². The lowest BCUT2D eigenvalue weighted by molar-refractivity contribution is -0.136. The summed E-state index contributed by atoms with van der Waals surface area (Å²) in [5.41, 5.74) is 0.865. The normalized spacial score (nSPS) is 11.7. The van der Waals surface area contributed by atoms with Gasteiger partial charge in [0.15, 0.2) is 11.2 Å². The van der Waals surface area contributed by atoms with E-state index in [0.717, 1.165) is 0 Å². The number of carboxylic acids is 1. The van der Waals surface area contributed by atoms with Gasteiger partial charge in [0.05, 0.1) is 22.2 Å². The van der Waals surface area contributed by atoms with Crippen molar-refractivity contribution in [2.75, 3.05) is 11.3 Å². The molecule has 1 amide bonds. The quantitative estimate of drug-likeness (QED) is 0.268. The third kappa shape index (κ3) is 5.04. The number of carboxylic acid groups (broad SMARTS) is 1. The molecule has 1 heterocycles. The van der Waals surface area contributed by atoms with Crippen LogP contribution in [-0.4, -0.2) is 31.9 Å². The SMILES string of the molecule is CCNC(=O)c1cc(NS(=O)(=O)c2ccc(Cl)cc2Cl)c2oc3c(Cl)cc(CC(=O)O)cc3c2c1. The summed E-state index contributed by atoms with van der Waals surface area (Å²) in [6, 6.07) is 9.84. The molecule has 4 aromatic rings. The van der Waals surface area contributed by atoms with E-state index < -0.39 is 21.9 Å². The van der Waals surface area contributed by atoms with Gasteiger partial charge in [0.1, 0.15) is 4.90 Å². The molecule has 3 N–H and O–H groups in total. The van der Waals surface area contributed by atoms with Gasteiger partial charge in [0.25, 0.3) is 15.9 Å². The Balaban J connectivity index is 1.96. The molecule has 35 heavy (non-hydrogen) atoms. The molecule has 182 valence electrons. The smallest absolute Gasteiger partial charge is 0.307 e. The van der Waals surface area contributed by atoms with E-state index in [9.17, 15) is 23.1 Å². The van der Waals surface area contributed by atoms with E-state index in [0.29, 0.717) is 22.9 Å². The van der Waals surface area contributed by atoms with Gasteiger partial charge in [-0.25, -0.2) is 8.42 Å². The fraction of sp³-hybridized carbons (Fsp3) is 0.130. The number of anilines is 1. The predicted molar refractivity (Wildman–Crippen MR) is 135 cm³/mol. The van der Waals surface area contributed by atoms with Crippen LogP contribution < -0.4 is 10.0 Å². The molecule has 0 aliphatic rings. The Morgan fingerprint density at radius 3 is 2.34 bits per heavy atom. The van der Waals surface area contributed by atoms with Gasteiger partial charge in [-0.3, -0.25) is 14.3 Å². The van der Waals surface area contributed by atoms with Gasteiger partial charge >= 0.3 is 5.97 Å². The molecule has 0 aliphatic heterocycles. The molecule has 12 heteroatoms. The van der Waals surface area contributed by atoms with E-state index in [2.05, 4.69) is 10.0 Å². The van der Waals surface area contributed by atoms with E-state index in [1.165, 1.54) is 36.4 Å². The fourth-order valence-electron chi connectivity index (χ4n) is 3.63. The van der Waals surface area contributed by atoms with Crippen LogP contribution in [0.4, 0.5) is 5.69 Å². The number of amides is 1. The molecule has 0 bridgehead atoms. The first-order chi connectivity index (χ1) is 16.5. The second-order valence-electron chi connectivity index (χ2n) is 7.57. The van der Waals surface area contributed by atoms with Gasteiger partial charge < -0.3 is 14.8 Å². The van der Waals surface area contributed by atoms with Crippen molar-refractivity contribution in [3.63, 3.8) is 0 Å². The number of rotatable bonds is 7. The second kappa shape index (κ2) is 9.58. The molecule has 0 spiro atoms. The summed E-state index contributed by atoms with van der Waals surface area (Å²) in [6.07, 6.45) is -0.285. The largest absolute Gasteiger partial charge is 0.481 e. The molecular weight excluding hydrogens is 539 g/mol. The van der Waals surface area contributed by atoms with Crippen LogP contribution in [0.15, 0.2) is 51.8 Å². The summed E-state index contributed by atoms with van der Waals surface area (Å²) in [5.74, 6) is -1.49. The zero-order valence-electron chi connectivity index (χ0n) is 18.0. The number of benzene rings is 3. The van der Waals surface area contributed by atoms with Gasteiger partial charge in [-0.15, -0.1) is 0 Å². The summed E-state index contributed by atoms with van der Waals surface area (Å²) in [4.78, 5) is 23.6. The maximum Gasteiger partial charge on any atom is 0.307 e. The van der Waals surface area contributed by atoms with Crippen LogP contribution in [0.3, 0.4) is 0 Å². The molecule has 0 saturated carbocycles. The first kappa shape index (κ1) is 25.1. The van der Waals surface area contributed by atoms with Crippen LogP contribution >= 0.6 is 34.8 Å². The molecule has 0 fully saturated rings. The van der Waals surface area contributed by atoms with Crippen molar-refractivity contribution < 1.29 is 27.5 Å². The van der Waals surface area contributed by atoms with Crippen LogP contribution in [0.2, 0.25) is 15.1 Å². The summed E-state index contributed by atoms with van der Waals surface area (Å²) >= 11 is 18.3. The minimum atomic E-state index is -4.22. The molecular formula is C23H17Cl3N2O6S. The van der Waals surface area contributed by atoms with Crippen LogP contribution in [0.1, 0.15) is 22.8 Å². The summed E-state index contributed by atoms with van der Waals surface area (Å²) in [7, 11) is -4.22. The number of nitrogens with one attached hydrogen (secondary N) is 2. The fourth-order valence-corrected chi connectivity index (χ4v) is 5.74.